The molecule has 1 aliphatic heterocycles. The molecule has 0 saturated heterocycles. The number of aldehydes is 1. The normalized spacial score (nSPS) is 14.0. The second-order valence-electron chi connectivity index (χ2n) is 7.86. The monoisotopic (exact) mass is 406 g/mol. The highest BCUT2D eigenvalue weighted by atomic mass is 19.1. The topological polar surface area (TPSA) is 78.3 Å². The average molecular weight is 406 g/mol. The van der Waals surface area contributed by atoms with Gasteiger partial charge in [0.05, 0.1) is 35.6 Å². The molecular weight excluding hydrogens is 387 g/mol. The second kappa shape index (κ2) is 6.67. The molecule has 0 radical (unpaired) electrons. The van der Waals surface area contributed by atoms with Crippen molar-refractivity contribution in [1.82, 2.24) is 9.55 Å². The molecule has 0 atom stereocenters. The fourth-order valence-electron chi connectivity index (χ4n) is 4.87. The van der Waals surface area contributed by atoms with Crippen molar-refractivity contribution in [3.63, 3.8) is 0 Å². The Morgan fingerprint density at radius 3 is 2.77 bits per heavy atom. The third-order valence-corrected chi connectivity index (χ3v) is 6.29. The molecular formula is C23H19FN2O4. The number of ether oxygens (including phenoxy) is 1. The van der Waals surface area contributed by atoms with Crippen LogP contribution >= 0.6 is 0 Å². The van der Waals surface area contributed by atoms with E-state index >= 15 is 0 Å². The largest absolute Gasteiger partial charge is 0.380 e. The van der Waals surface area contributed by atoms with Crippen molar-refractivity contribution in [2.75, 3.05) is 7.11 Å². The van der Waals surface area contributed by atoms with Gasteiger partial charge in [0.1, 0.15) is 5.82 Å². The number of benzene rings is 1. The number of hydrogen-bond donors (Lipinski definition) is 0. The van der Waals surface area contributed by atoms with Crippen molar-refractivity contribution in [2.45, 2.75) is 39.3 Å². The van der Waals surface area contributed by atoms with Gasteiger partial charge in [0.2, 0.25) is 5.78 Å². The molecule has 7 heteroatoms. The van der Waals surface area contributed by atoms with Gasteiger partial charge in [0.15, 0.2) is 6.29 Å². The van der Waals surface area contributed by atoms with E-state index in [-0.39, 0.29) is 35.4 Å². The van der Waals surface area contributed by atoms with Crippen LogP contribution in [0.4, 0.5) is 4.39 Å². The summed E-state index contributed by atoms with van der Waals surface area (Å²) in [7, 11) is 1.43. The minimum absolute atomic E-state index is 0.0299. The Kier molecular flexibility index (Phi) is 4.18. The maximum Gasteiger partial charge on any atom is 0.257 e. The van der Waals surface area contributed by atoms with Gasteiger partial charge >= 0.3 is 0 Å². The Bertz CT molecular complexity index is 1340. The summed E-state index contributed by atoms with van der Waals surface area (Å²) in [6.07, 6.45) is 2.73. The number of aromatic nitrogens is 2. The molecule has 0 unspecified atom stereocenters. The maximum absolute atomic E-state index is 14.5. The van der Waals surface area contributed by atoms with Crippen molar-refractivity contribution in [3.05, 3.63) is 61.7 Å². The van der Waals surface area contributed by atoms with E-state index in [0.29, 0.717) is 29.0 Å². The molecule has 0 amide bonds. The number of halogens is 1. The van der Waals surface area contributed by atoms with E-state index in [1.54, 1.807) is 11.5 Å². The molecule has 0 N–H and O–H groups in total. The van der Waals surface area contributed by atoms with E-state index in [1.165, 1.54) is 19.2 Å². The molecule has 1 aliphatic carbocycles. The number of hydrogen-bond acceptors (Lipinski definition) is 5. The van der Waals surface area contributed by atoms with E-state index in [4.69, 9.17) is 9.72 Å². The van der Waals surface area contributed by atoms with Gasteiger partial charge in [-0.25, -0.2) is 9.37 Å². The van der Waals surface area contributed by atoms with Gasteiger partial charge in [0, 0.05) is 29.7 Å². The summed E-state index contributed by atoms with van der Waals surface area (Å²) in [5, 5.41) is 0.987. The SMILES string of the molecule is COCc1c(C(=O)C=O)cc2n(c1=O)Cc1c-2nc2cc(F)c(C)c3c2c1CCC3. The summed E-state index contributed by atoms with van der Waals surface area (Å²) in [5.41, 5.74) is 5.11. The van der Waals surface area contributed by atoms with E-state index < -0.39 is 5.78 Å². The van der Waals surface area contributed by atoms with Gasteiger partial charge in [0.25, 0.3) is 5.56 Å². The number of methoxy groups -OCH3 is 1. The molecule has 0 bridgehead atoms. The zero-order valence-corrected chi connectivity index (χ0v) is 16.7. The highest BCUT2D eigenvalue weighted by molar-refractivity contribution is 6.33. The first kappa shape index (κ1) is 18.8. The predicted octanol–water partition coefficient (Wildman–Crippen LogP) is 2.89. The number of ketones is 1. The van der Waals surface area contributed by atoms with Crippen LogP contribution < -0.4 is 5.56 Å². The van der Waals surface area contributed by atoms with Crippen LogP contribution in [0.3, 0.4) is 0 Å². The van der Waals surface area contributed by atoms with E-state index in [2.05, 4.69) is 0 Å². The summed E-state index contributed by atoms with van der Waals surface area (Å²) in [4.78, 5) is 41.2. The molecule has 0 saturated carbocycles. The first-order valence-corrected chi connectivity index (χ1v) is 9.85. The Morgan fingerprint density at radius 2 is 2.03 bits per heavy atom. The van der Waals surface area contributed by atoms with Gasteiger partial charge in [-0.05, 0) is 48.9 Å². The summed E-state index contributed by atoms with van der Waals surface area (Å²) in [6.45, 7) is 2.06. The highest BCUT2D eigenvalue weighted by Gasteiger charge is 2.31. The summed E-state index contributed by atoms with van der Waals surface area (Å²) in [6, 6.07) is 2.99. The molecule has 2 aliphatic rings. The molecule has 30 heavy (non-hydrogen) atoms. The van der Waals surface area contributed by atoms with E-state index in [9.17, 15) is 18.8 Å². The highest BCUT2D eigenvalue weighted by Crippen LogP contribution is 2.41. The number of rotatable bonds is 4. The Morgan fingerprint density at radius 1 is 1.27 bits per heavy atom. The van der Waals surface area contributed by atoms with Crippen molar-refractivity contribution in [2.24, 2.45) is 0 Å². The van der Waals surface area contributed by atoms with E-state index in [0.717, 1.165) is 41.3 Å². The van der Waals surface area contributed by atoms with Gasteiger partial charge in [-0.2, -0.15) is 0 Å². The number of carbonyl (C=O) groups excluding carboxylic acids is 2. The minimum Gasteiger partial charge on any atom is -0.380 e. The number of nitrogens with zero attached hydrogens (tertiary/aromatic N) is 2. The fraction of sp³-hybridized carbons (Fsp3) is 0.304. The van der Waals surface area contributed by atoms with Crippen LogP contribution in [0.1, 0.15) is 44.6 Å². The van der Waals surface area contributed by atoms with Crippen LogP contribution in [0.5, 0.6) is 0 Å². The zero-order valence-electron chi connectivity index (χ0n) is 16.7. The maximum atomic E-state index is 14.5. The molecule has 3 aromatic rings. The Labute approximate surface area is 171 Å². The number of pyridine rings is 2. The fourth-order valence-corrected chi connectivity index (χ4v) is 4.87. The van der Waals surface area contributed by atoms with Gasteiger partial charge in [-0.1, -0.05) is 0 Å². The Hall–Kier alpha value is -3.19. The van der Waals surface area contributed by atoms with Crippen LogP contribution in [0.2, 0.25) is 0 Å². The van der Waals surface area contributed by atoms with Gasteiger partial charge < -0.3 is 9.30 Å². The lowest BCUT2D eigenvalue weighted by molar-refractivity contribution is -0.104. The van der Waals surface area contributed by atoms with Gasteiger partial charge in [-0.15, -0.1) is 0 Å². The van der Waals surface area contributed by atoms with Crippen LogP contribution in [0.25, 0.3) is 22.3 Å². The van der Waals surface area contributed by atoms with Gasteiger partial charge in [-0.3, -0.25) is 14.4 Å². The van der Waals surface area contributed by atoms with Crippen molar-refractivity contribution in [1.29, 1.82) is 0 Å². The first-order valence-electron chi connectivity index (χ1n) is 9.85. The van der Waals surface area contributed by atoms with Crippen LogP contribution in [-0.4, -0.2) is 28.7 Å². The molecule has 1 aromatic carbocycles. The summed E-state index contributed by atoms with van der Waals surface area (Å²) in [5.74, 6) is -1.07. The predicted molar refractivity (Wildman–Crippen MR) is 108 cm³/mol. The molecule has 6 nitrogen and oxygen atoms in total. The standard InChI is InChI=1S/C23H19FN2O4/c1-11-12-4-3-5-13-15-8-26-19(22(15)25-18(21(12)13)7-17(11)24)6-14(20(28)9-27)16(10-30-2)23(26)29/h6-7,9H,3-5,8,10H2,1-2H3. The first-order chi connectivity index (χ1) is 14.5. The van der Waals surface area contributed by atoms with Crippen molar-refractivity contribution in [3.8, 4) is 11.4 Å². The Balaban J connectivity index is 1.85. The molecule has 0 fully saturated rings. The molecule has 3 heterocycles. The quantitative estimate of drug-likeness (QED) is 0.296. The number of carbonyl (C=O) groups is 2. The average Bonchev–Trinajstić information content (AvgIpc) is 3.12. The zero-order chi connectivity index (χ0) is 21.2. The second-order valence-corrected chi connectivity index (χ2v) is 7.86. The molecule has 0 spiro atoms. The van der Waals surface area contributed by atoms with Crippen LogP contribution in [0.15, 0.2) is 16.9 Å². The van der Waals surface area contributed by atoms with Crippen molar-refractivity contribution < 1.29 is 18.7 Å². The number of fused-ring (bicyclic) bond motifs is 4. The van der Waals surface area contributed by atoms with Crippen LogP contribution in [0, 0.1) is 12.7 Å². The minimum atomic E-state index is -0.776. The summed E-state index contributed by atoms with van der Waals surface area (Å²) < 4.78 is 21.2. The smallest absolute Gasteiger partial charge is 0.257 e. The molecule has 2 aromatic heterocycles. The third-order valence-electron chi connectivity index (χ3n) is 6.29. The van der Waals surface area contributed by atoms with E-state index in [1.807, 2.05) is 0 Å². The van der Waals surface area contributed by atoms with Crippen LogP contribution in [-0.2, 0) is 35.5 Å². The molecule has 5 rings (SSSR count). The summed E-state index contributed by atoms with van der Waals surface area (Å²) >= 11 is 0. The third kappa shape index (κ3) is 2.45. The lowest BCUT2D eigenvalue weighted by atomic mass is 9.85. The molecule has 152 valence electrons. The lowest BCUT2D eigenvalue weighted by Crippen LogP contribution is -2.27. The van der Waals surface area contributed by atoms with Crippen molar-refractivity contribution >= 4 is 23.0 Å². The lowest BCUT2D eigenvalue weighted by Gasteiger charge is -2.21. The number of Topliss-reactive ketones (excluding diaryl/α,β-unsaturated/α-hetero) is 1. The number of aryl methyl sites for hydroxylation is 2.